The number of hydrogen-bond donors (Lipinski definition) is 1. The topological polar surface area (TPSA) is 12.5 Å². The highest BCUT2D eigenvalue weighted by Crippen LogP contribution is 2.33. The van der Waals surface area contributed by atoms with E-state index in [2.05, 4.69) is 50.4 Å². The molecule has 0 unspecified atom stereocenters. The summed E-state index contributed by atoms with van der Waals surface area (Å²) < 4.78 is 5.42. The van der Waals surface area contributed by atoms with E-state index in [1.54, 1.807) is 7.11 Å². The van der Waals surface area contributed by atoms with Crippen molar-refractivity contribution < 1.29 is 4.74 Å². The second kappa shape index (κ2) is 5.48. The summed E-state index contributed by atoms with van der Waals surface area (Å²) in [5, 5.41) is 0. The summed E-state index contributed by atoms with van der Waals surface area (Å²) in [6.07, 6.45) is 0. The first kappa shape index (κ1) is 13.2. The quantitative estimate of drug-likeness (QED) is 0.638. The van der Waals surface area contributed by atoms with Gasteiger partial charge in [-0.05, 0) is 36.1 Å². The molecule has 0 saturated heterocycles. The Bertz CT molecular complexity index is 363. The predicted octanol–water partition coefficient (Wildman–Crippen LogP) is 3.45. The number of hydrogen-bond acceptors (Lipinski definition) is 3. The minimum atomic E-state index is 0.461. The van der Waals surface area contributed by atoms with Gasteiger partial charge in [-0.2, -0.15) is 12.6 Å². The molecule has 0 bridgehead atoms. The van der Waals surface area contributed by atoms with Crippen LogP contribution >= 0.6 is 12.6 Å². The Morgan fingerprint density at radius 3 is 2.44 bits per heavy atom. The molecule has 0 amide bonds. The van der Waals surface area contributed by atoms with Gasteiger partial charge in [0, 0.05) is 12.7 Å². The zero-order valence-corrected chi connectivity index (χ0v) is 11.6. The second-order valence-corrected chi connectivity index (χ2v) is 4.66. The molecule has 1 aromatic carbocycles. The summed E-state index contributed by atoms with van der Waals surface area (Å²) in [4.78, 5) is 2.13. The van der Waals surface area contributed by atoms with Gasteiger partial charge in [0.2, 0.25) is 0 Å². The standard InChI is InChI=1S/C13H21NOS/c1-9(2)11-7-12(14(4)8-16)10(3)6-13(11)15-5/h6-7,9,16H,8H2,1-5H3. The lowest BCUT2D eigenvalue weighted by Gasteiger charge is -2.22. The van der Waals surface area contributed by atoms with Crippen molar-refractivity contribution in [3.05, 3.63) is 23.3 Å². The maximum Gasteiger partial charge on any atom is 0.122 e. The normalized spacial score (nSPS) is 10.7. The number of methoxy groups -OCH3 is 1. The van der Waals surface area contributed by atoms with Gasteiger partial charge in [0.15, 0.2) is 0 Å². The summed E-state index contributed by atoms with van der Waals surface area (Å²) >= 11 is 4.30. The van der Waals surface area contributed by atoms with Gasteiger partial charge in [-0.25, -0.2) is 0 Å². The molecule has 0 saturated carbocycles. The van der Waals surface area contributed by atoms with Crippen molar-refractivity contribution in [1.29, 1.82) is 0 Å². The number of ether oxygens (including phenoxy) is 1. The van der Waals surface area contributed by atoms with E-state index in [9.17, 15) is 0 Å². The summed E-state index contributed by atoms with van der Waals surface area (Å²) in [6.45, 7) is 6.46. The maximum atomic E-state index is 5.42. The third-order valence-electron chi connectivity index (χ3n) is 2.79. The molecule has 0 radical (unpaired) electrons. The van der Waals surface area contributed by atoms with E-state index < -0.39 is 0 Å². The van der Waals surface area contributed by atoms with Crippen molar-refractivity contribution in [1.82, 2.24) is 0 Å². The van der Waals surface area contributed by atoms with Crippen molar-refractivity contribution in [2.45, 2.75) is 26.7 Å². The molecule has 3 heteroatoms. The minimum Gasteiger partial charge on any atom is -0.496 e. The van der Waals surface area contributed by atoms with Crippen LogP contribution in [-0.4, -0.2) is 20.0 Å². The first-order valence-corrected chi connectivity index (χ1v) is 6.15. The SMILES string of the molecule is COc1cc(C)c(N(C)CS)cc1C(C)C. The Balaban J connectivity index is 3.27. The lowest BCUT2D eigenvalue weighted by molar-refractivity contribution is 0.407. The molecule has 0 aliphatic rings. The van der Waals surface area contributed by atoms with E-state index in [1.807, 2.05) is 7.05 Å². The fourth-order valence-electron chi connectivity index (χ4n) is 1.80. The molecule has 0 aliphatic carbocycles. The largest absolute Gasteiger partial charge is 0.496 e. The highest BCUT2D eigenvalue weighted by Gasteiger charge is 2.12. The van der Waals surface area contributed by atoms with E-state index in [4.69, 9.17) is 4.74 Å². The van der Waals surface area contributed by atoms with Gasteiger partial charge in [0.05, 0.1) is 13.0 Å². The summed E-state index contributed by atoms with van der Waals surface area (Å²) in [7, 11) is 3.77. The number of nitrogens with zero attached hydrogens (tertiary/aromatic N) is 1. The van der Waals surface area contributed by atoms with Crippen LogP contribution in [0.15, 0.2) is 12.1 Å². The molecule has 0 atom stereocenters. The average Bonchev–Trinajstić information content (AvgIpc) is 2.27. The molecule has 1 rings (SSSR count). The zero-order chi connectivity index (χ0) is 12.3. The number of benzene rings is 1. The third-order valence-corrected chi connectivity index (χ3v) is 3.22. The second-order valence-electron chi connectivity index (χ2n) is 4.37. The van der Waals surface area contributed by atoms with Gasteiger partial charge in [-0.15, -0.1) is 0 Å². The number of rotatable bonds is 4. The van der Waals surface area contributed by atoms with Gasteiger partial charge in [-0.3, -0.25) is 0 Å². The molecule has 90 valence electrons. The van der Waals surface area contributed by atoms with Crippen LogP contribution in [0.4, 0.5) is 5.69 Å². The van der Waals surface area contributed by atoms with Crippen LogP contribution in [0.2, 0.25) is 0 Å². The van der Waals surface area contributed by atoms with Gasteiger partial charge in [-0.1, -0.05) is 13.8 Å². The zero-order valence-electron chi connectivity index (χ0n) is 10.7. The van der Waals surface area contributed by atoms with Crippen LogP contribution in [0.1, 0.15) is 30.9 Å². The van der Waals surface area contributed by atoms with Gasteiger partial charge in [0.1, 0.15) is 5.75 Å². The van der Waals surface area contributed by atoms with Crippen LogP contribution in [0.25, 0.3) is 0 Å². The average molecular weight is 239 g/mol. The summed E-state index contributed by atoms with van der Waals surface area (Å²) in [5.41, 5.74) is 3.69. The van der Waals surface area contributed by atoms with Gasteiger partial charge >= 0.3 is 0 Å². The lowest BCUT2D eigenvalue weighted by atomic mass is 9.99. The monoisotopic (exact) mass is 239 g/mol. The fourth-order valence-corrected chi connectivity index (χ4v) is 1.95. The van der Waals surface area contributed by atoms with Crippen LogP contribution in [0.3, 0.4) is 0 Å². The predicted molar refractivity (Wildman–Crippen MR) is 74.1 cm³/mol. The van der Waals surface area contributed by atoms with Crippen molar-refractivity contribution in [3.8, 4) is 5.75 Å². The first-order chi connectivity index (χ1) is 7.51. The van der Waals surface area contributed by atoms with Crippen LogP contribution in [-0.2, 0) is 0 Å². The molecule has 16 heavy (non-hydrogen) atoms. The fraction of sp³-hybridized carbons (Fsp3) is 0.538. The van der Waals surface area contributed by atoms with Crippen molar-refractivity contribution in [2.24, 2.45) is 0 Å². The molecular weight excluding hydrogens is 218 g/mol. The van der Waals surface area contributed by atoms with E-state index >= 15 is 0 Å². The molecule has 0 aliphatic heterocycles. The Morgan fingerprint density at radius 1 is 1.38 bits per heavy atom. The van der Waals surface area contributed by atoms with E-state index in [0.29, 0.717) is 11.8 Å². The highest BCUT2D eigenvalue weighted by molar-refractivity contribution is 7.80. The highest BCUT2D eigenvalue weighted by atomic mass is 32.1. The smallest absolute Gasteiger partial charge is 0.122 e. The van der Waals surface area contributed by atoms with Crippen LogP contribution in [0.5, 0.6) is 5.75 Å². The van der Waals surface area contributed by atoms with Gasteiger partial charge in [0.25, 0.3) is 0 Å². The van der Waals surface area contributed by atoms with E-state index in [0.717, 1.165) is 5.75 Å². The van der Waals surface area contributed by atoms with Crippen LogP contribution < -0.4 is 9.64 Å². The van der Waals surface area contributed by atoms with Crippen molar-refractivity contribution >= 4 is 18.3 Å². The number of thiol groups is 1. The molecule has 0 fully saturated rings. The molecule has 0 heterocycles. The summed E-state index contributed by atoms with van der Waals surface area (Å²) in [6, 6.07) is 4.31. The Morgan fingerprint density at radius 2 is 2.00 bits per heavy atom. The summed E-state index contributed by atoms with van der Waals surface area (Å²) in [5.74, 6) is 2.15. The molecular formula is C13H21NOS. The van der Waals surface area contributed by atoms with E-state index in [1.165, 1.54) is 16.8 Å². The third kappa shape index (κ3) is 2.64. The Labute approximate surface area is 104 Å². The number of aryl methyl sites for hydroxylation is 1. The molecule has 0 aromatic heterocycles. The van der Waals surface area contributed by atoms with Crippen LogP contribution in [0, 0.1) is 6.92 Å². The molecule has 0 spiro atoms. The van der Waals surface area contributed by atoms with Gasteiger partial charge < -0.3 is 9.64 Å². The lowest BCUT2D eigenvalue weighted by Crippen LogP contribution is -2.16. The maximum absolute atomic E-state index is 5.42. The minimum absolute atomic E-state index is 0.461. The van der Waals surface area contributed by atoms with Crippen molar-refractivity contribution in [3.63, 3.8) is 0 Å². The Hall–Kier alpha value is -0.830. The Kier molecular flexibility index (Phi) is 4.54. The van der Waals surface area contributed by atoms with E-state index in [-0.39, 0.29) is 0 Å². The molecule has 2 nitrogen and oxygen atoms in total. The molecule has 1 aromatic rings. The van der Waals surface area contributed by atoms with Crippen molar-refractivity contribution in [2.75, 3.05) is 24.9 Å². The molecule has 0 N–H and O–H groups in total. The first-order valence-electron chi connectivity index (χ1n) is 5.51. The number of anilines is 1.